The van der Waals surface area contributed by atoms with E-state index in [1.165, 1.54) is 0 Å². The summed E-state index contributed by atoms with van der Waals surface area (Å²) in [4.78, 5) is 15.0. The molecule has 18 heavy (non-hydrogen) atoms. The highest BCUT2D eigenvalue weighted by molar-refractivity contribution is 5.35. The van der Waals surface area contributed by atoms with Gasteiger partial charge in [0.25, 0.3) is 0 Å². The van der Waals surface area contributed by atoms with Crippen molar-refractivity contribution in [3.63, 3.8) is 0 Å². The van der Waals surface area contributed by atoms with Gasteiger partial charge >= 0.3 is 0 Å². The maximum atomic E-state index is 5.24. The zero-order chi connectivity index (χ0) is 12.4. The van der Waals surface area contributed by atoms with Crippen molar-refractivity contribution in [1.82, 2.24) is 20.1 Å². The number of hydrogen-bond donors (Lipinski definition) is 0. The second kappa shape index (κ2) is 4.72. The van der Waals surface area contributed by atoms with E-state index in [4.69, 9.17) is 4.52 Å². The Labute approximate surface area is 105 Å². The van der Waals surface area contributed by atoms with Crippen LogP contribution in [-0.2, 0) is 0 Å². The number of nitrogens with zero attached hydrogens (tertiary/aromatic N) is 5. The minimum Gasteiger partial charge on any atom is -0.355 e. The molecule has 0 atom stereocenters. The van der Waals surface area contributed by atoms with E-state index in [0.29, 0.717) is 11.7 Å². The molecule has 94 valence electrons. The Hall–Kier alpha value is -1.98. The molecule has 0 aliphatic carbocycles. The lowest BCUT2D eigenvalue weighted by Crippen LogP contribution is -2.33. The molecule has 0 amide bonds. The van der Waals surface area contributed by atoms with Gasteiger partial charge in [-0.1, -0.05) is 5.16 Å². The van der Waals surface area contributed by atoms with E-state index in [0.717, 1.165) is 37.6 Å². The summed E-state index contributed by atoms with van der Waals surface area (Å²) in [5.41, 5.74) is 0. The largest absolute Gasteiger partial charge is 0.355 e. The normalized spacial score (nSPS) is 17.1. The van der Waals surface area contributed by atoms with E-state index in [9.17, 15) is 0 Å². The van der Waals surface area contributed by atoms with Gasteiger partial charge in [-0.3, -0.25) is 4.98 Å². The summed E-state index contributed by atoms with van der Waals surface area (Å²) in [6, 6.07) is 0. The predicted molar refractivity (Wildman–Crippen MR) is 65.3 cm³/mol. The molecule has 3 heterocycles. The van der Waals surface area contributed by atoms with Crippen molar-refractivity contribution in [2.45, 2.75) is 25.7 Å². The van der Waals surface area contributed by atoms with Crippen molar-refractivity contribution < 1.29 is 4.52 Å². The van der Waals surface area contributed by atoms with E-state index in [-0.39, 0.29) is 0 Å². The van der Waals surface area contributed by atoms with Crippen molar-refractivity contribution in [2.24, 2.45) is 0 Å². The number of piperidine rings is 1. The lowest BCUT2D eigenvalue weighted by atomic mass is 9.97. The van der Waals surface area contributed by atoms with Crippen LogP contribution >= 0.6 is 0 Å². The maximum Gasteiger partial charge on any atom is 0.229 e. The molecule has 0 saturated carbocycles. The third kappa shape index (κ3) is 2.18. The fourth-order valence-electron chi connectivity index (χ4n) is 2.29. The molecule has 0 N–H and O–H groups in total. The molecule has 0 radical (unpaired) electrons. The summed E-state index contributed by atoms with van der Waals surface area (Å²) in [5, 5.41) is 3.85. The highest BCUT2D eigenvalue weighted by Crippen LogP contribution is 2.28. The number of hydrogen-bond acceptors (Lipinski definition) is 6. The van der Waals surface area contributed by atoms with E-state index in [2.05, 4.69) is 25.0 Å². The Balaban J connectivity index is 1.65. The average molecular weight is 245 g/mol. The molecule has 2 aromatic heterocycles. The molecular weight excluding hydrogens is 230 g/mol. The lowest BCUT2D eigenvalue weighted by Gasteiger charge is -2.30. The van der Waals surface area contributed by atoms with Gasteiger partial charge in [0.05, 0.1) is 6.20 Å². The Bertz CT molecular complexity index is 504. The lowest BCUT2D eigenvalue weighted by molar-refractivity contribution is 0.327. The van der Waals surface area contributed by atoms with Crippen LogP contribution in [0.2, 0.25) is 0 Å². The highest BCUT2D eigenvalue weighted by atomic mass is 16.5. The van der Waals surface area contributed by atoms with Crippen LogP contribution in [0.5, 0.6) is 0 Å². The topological polar surface area (TPSA) is 67.9 Å². The Kier molecular flexibility index (Phi) is 2.92. The molecule has 1 aliphatic rings. The number of anilines is 1. The molecule has 0 bridgehead atoms. The minimum absolute atomic E-state index is 0.374. The van der Waals surface area contributed by atoms with E-state index >= 15 is 0 Å². The van der Waals surface area contributed by atoms with Crippen molar-refractivity contribution in [3.8, 4) is 0 Å². The highest BCUT2D eigenvalue weighted by Gasteiger charge is 2.25. The van der Waals surface area contributed by atoms with Crippen LogP contribution in [0.1, 0.15) is 30.5 Å². The Morgan fingerprint density at radius 1 is 1.28 bits per heavy atom. The summed E-state index contributed by atoms with van der Waals surface area (Å²) in [6.45, 7) is 3.75. The van der Waals surface area contributed by atoms with Gasteiger partial charge in [0.1, 0.15) is 5.82 Å². The van der Waals surface area contributed by atoms with Crippen LogP contribution in [0, 0.1) is 6.92 Å². The molecule has 0 unspecified atom stereocenters. The summed E-state index contributed by atoms with van der Waals surface area (Å²) >= 11 is 0. The second-order valence-electron chi connectivity index (χ2n) is 4.50. The first-order valence-electron chi connectivity index (χ1n) is 6.14. The fourth-order valence-corrected chi connectivity index (χ4v) is 2.29. The first-order valence-corrected chi connectivity index (χ1v) is 6.14. The van der Waals surface area contributed by atoms with Crippen LogP contribution in [-0.4, -0.2) is 33.2 Å². The summed E-state index contributed by atoms with van der Waals surface area (Å²) in [5.74, 6) is 2.80. The molecular formula is C12H15N5O. The van der Waals surface area contributed by atoms with Crippen molar-refractivity contribution in [3.05, 3.63) is 30.3 Å². The van der Waals surface area contributed by atoms with Gasteiger partial charge in [0, 0.05) is 31.4 Å². The second-order valence-corrected chi connectivity index (χ2v) is 4.50. The molecule has 0 aromatic carbocycles. The molecule has 6 heteroatoms. The molecule has 1 saturated heterocycles. The van der Waals surface area contributed by atoms with Gasteiger partial charge in [-0.2, -0.15) is 4.98 Å². The van der Waals surface area contributed by atoms with Crippen molar-refractivity contribution in [1.29, 1.82) is 0 Å². The fraction of sp³-hybridized carbons (Fsp3) is 0.500. The standard InChI is InChI=1S/C12H15N5O/c1-9-15-12(18-16-9)10-2-6-17(7-3-10)11-8-13-4-5-14-11/h4-5,8,10H,2-3,6-7H2,1H3. The molecule has 1 fully saturated rings. The Morgan fingerprint density at radius 3 is 2.72 bits per heavy atom. The van der Waals surface area contributed by atoms with E-state index < -0.39 is 0 Å². The first-order chi connectivity index (χ1) is 8.83. The van der Waals surface area contributed by atoms with Gasteiger partial charge in [-0.25, -0.2) is 4.98 Å². The van der Waals surface area contributed by atoms with Crippen LogP contribution in [0.25, 0.3) is 0 Å². The first kappa shape index (κ1) is 11.1. The predicted octanol–water partition coefficient (Wildman–Crippen LogP) is 1.55. The van der Waals surface area contributed by atoms with Crippen LogP contribution in [0.15, 0.2) is 23.1 Å². The third-order valence-electron chi connectivity index (χ3n) is 3.26. The van der Waals surface area contributed by atoms with E-state index in [1.54, 1.807) is 18.6 Å². The number of aryl methyl sites for hydroxylation is 1. The molecule has 0 spiro atoms. The van der Waals surface area contributed by atoms with Gasteiger partial charge in [-0.05, 0) is 19.8 Å². The Morgan fingerprint density at radius 2 is 2.11 bits per heavy atom. The zero-order valence-electron chi connectivity index (χ0n) is 10.3. The van der Waals surface area contributed by atoms with Gasteiger partial charge in [-0.15, -0.1) is 0 Å². The zero-order valence-corrected chi connectivity index (χ0v) is 10.3. The van der Waals surface area contributed by atoms with Gasteiger partial charge in [0.15, 0.2) is 5.82 Å². The third-order valence-corrected chi connectivity index (χ3v) is 3.26. The van der Waals surface area contributed by atoms with Crippen molar-refractivity contribution in [2.75, 3.05) is 18.0 Å². The van der Waals surface area contributed by atoms with Crippen LogP contribution in [0.3, 0.4) is 0 Å². The monoisotopic (exact) mass is 245 g/mol. The molecule has 1 aliphatic heterocycles. The maximum absolute atomic E-state index is 5.24. The molecule has 2 aromatic rings. The van der Waals surface area contributed by atoms with E-state index in [1.807, 2.05) is 6.92 Å². The quantitative estimate of drug-likeness (QED) is 0.799. The average Bonchev–Trinajstić information content (AvgIpc) is 2.87. The minimum atomic E-state index is 0.374. The van der Waals surface area contributed by atoms with Crippen LogP contribution in [0.4, 0.5) is 5.82 Å². The van der Waals surface area contributed by atoms with Crippen molar-refractivity contribution >= 4 is 5.82 Å². The SMILES string of the molecule is Cc1noc(C2CCN(c3cnccn3)CC2)n1. The summed E-state index contributed by atoms with van der Waals surface area (Å²) in [7, 11) is 0. The molecule has 3 rings (SSSR count). The molecule has 6 nitrogen and oxygen atoms in total. The summed E-state index contributed by atoms with van der Waals surface area (Å²) < 4.78 is 5.24. The number of aromatic nitrogens is 4. The van der Waals surface area contributed by atoms with Crippen LogP contribution < -0.4 is 4.90 Å². The summed E-state index contributed by atoms with van der Waals surface area (Å²) in [6.07, 6.45) is 7.24. The number of rotatable bonds is 2. The van der Waals surface area contributed by atoms with Gasteiger partial charge < -0.3 is 9.42 Å². The van der Waals surface area contributed by atoms with Gasteiger partial charge in [0.2, 0.25) is 5.89 Å². The smallest absolute Gasteiger partial charge is 0.229 e.